The van der Waals surface area contributed by atoms with Crippen molar-refractivity contribution in [2.24, 2.45) is 11.8 Å². The molecule has 0 bridgehead atoms. The normalized spacial score (nSPS) is 22.1. The monoisotopic (exact) mass is 468 g/mol. The zero-order valence-electron chi connectivity index (χ0n) is 19.0. The Hall–Kier alpha value is -3.49. The fourth-order valence-electron chi connectivity index (χ4n) is 5.38. The molecule has 1 saturated heterocycles. The molecular formula is C25H26F2N4O3. The van der Waals surface area contributed by atoms with Crippen molar-refractivity contribution in [3.8, 4) is 0 Å². The van der Waals surface area contributed by atoms with Gasteiger partial charge in [-0.1, -0.05) is 12.1 Å². The van der Waals surface area contributed by atoms with E-state index >= 15 is 0 Å². The van der Waals surface area contributed by atoms with Gasteiger partial charge in [-0.15, -0.1) is 0 Å². The van der Waals surface area contributed by atoms with Gasteiger partial charge >= 0.3 is 5.97 Å². The highest BCUT2D eigenvalue weighted by Gasteiger charge is 2.50. The summed E-state index contributed by atoms with van der Waals surface area (Å²) in [6.45, 7) is 4.69. The fourth-order valence-corrected chi connectivity index (χ4v) is 5.38. The molecule has 34 heavy (non-hydrogen) atoms. The van der Waals surface area contributed by atoms with Gasteiger partial charge in [0.25, 0.3) is 5.56 Å². The van der Waals surface area contributed by atoms with Crippen LogP contribution in [0.2, 0.25) is 0 Å². The molecule has 1 aliphatic carbocycles. The molecular weight excluding hydrogens is 442 g/mol. The average Bonchev–Trinajstić information content (AvgIpc) is 3.27. The quantitative estimate of drug-likeness (QED) is 0.579. The second kappa shape index (κ2) is 8.07. The Kier molecular flexibility index (Phi) is 5.30. The Morgan fingerprint density at radius 1 is 1.21 bits per heavy atom. The fraction of sp³-hybridized carbons (Fsp3) is 0.400. The molecule has 3 heterocycles. The molecule has 178 valence electrons. The average molecular weight is 469 g/mol. The van der Waals surface area contributed by atoms with Crippen molar-refractivity contribution < 1.29 is 18.7 Å². The Morgan fingerprint density at radius 3 is 2.56 bits per heavy atom. The van der Waals surface area contributed by atoms with Crippen LogP contribution in [0.4, 0.5) is 20.3 Å². The first-order valence-electron chi connectivity index (χ1n) is 11.4. The summed E-state index contributed by atoms with van der Waals surface area (Å²) in [4.78, 5) is 31.4. The number of benzene rings is 1. The summed E-state index contributed by atoms with van der Waals surface area (Å²) in [5.74, 6) is -3.34. The zero-order valence-corrected chi connectivity index (χ0v) is 19.0. The zero-order chi connectivity index (χ0) is 24.2. The van der Waals surface area contributed by atoms with E-state index in [1.807, 2.05) is 24.8 Å². The van der Waals surface area contributed by atoms with Gasteiger partial charge in [-0.2, -0.15) is 0 Å². The van der Waals surface area contributed by atoms with Crippen molar-refractivity contribution in [1.29, 1.82) is 0 Å². The van der Waals surface area contributed by atoms with Gasteiger partial charge in [0, 0.05) is 49.4 Å². The number of hydrogen-bond acceptors (Lipinski definition) is 5. The molecule has 2 N–H and O–H groups in total. The standard InChI is InChI=1S/C25H26F2N4O3/c1-14-7-19(15(2)28-20-6-4-3-5-18(20)24(33)34)23-29-21(8-22(32)31(23)11-14)30-12-16-9-25(26,27)10-17(16)13-30/h3-8,11,15-17,28H,9-10,12-13H2,1-2H3,(H,33,34)/t15-,16-,17+/m1/s1. The van der Waals surface area contributed by atoms with Crippen LogP contribution in [-0.4, -0.2) is 39.5 Å². The summed E-state index contributed by atoms with van der Waals surface area (Å²) < 4.78 is 29.0. The predicted molar refractivity (Wildman–Crippen MR) is 125 cm³/mol. The van der Waals surface area contributed by atoms with Crippen LogP contribution in [0.15, 0.2) is 47.4 Å². The van der Waals surface area contributed by atoms with Crippen LogP contribution in [0.5, 0.6) is 0 Å². The molecule has 7 nitrogen and oxygen atoms in total. The van der Waals surface area contributed by atoms with E-state index in [0.717, 1.165) is 11.1 Å². The molecule has 2 fully saturated rings. The number of nitrogens with one attached hydrogen (secondary N) is 1. The molecule has 1 aromatic carbocycles. The van der Waals surface area contributed by atoms with Gasteiger partial charge in [0.15, 0.2) is 0 Å². The van der Waals surface area contributed by atoms with E-state index in [4.69, 9.17) is 4.98 Å². The van der Waals surface area contributed by atoms with Crippen LogP contribution in [0, 0.1) is 18.8 Å². The van der Waals surface area contributed by atoms with E-state index in [-0.39, 0.29) is 41.8 Å². The van der Waals surface area contributed by atoms with Crippen LogP contribution in [-0.2, 0) is 0 Å². The smallest absolute Gasteiger partial charge is 0.337 e. The number of para-hydroxylation sites is 1. The van der Waals surface area contributed by atoms with Crippen molar-refractivity contribution in [3.63, 3.8) is 0 Å². The molecule has 5 rings (SSSR count). The molecule has 3 aromatic rings. The minimum absolute atomic E-state index is 0.0964. The third-order valence-corrected chi connectivity index (χ3v) is 6.93. The number of rotatable bonds is 5. The summed E-state index contributed by atoms with van der Waals surface area (Å²) in [7, 11) is 0. The van der Waals surface area contributed by atoms with Gasteiger partial charge in [0.2, 0.25) is 5.92 Å². The highest BCUT2D eigenvalue weighted by atomic mass is 19.3. The Labute approximate surface area is 195 Å². The molecule has 2 aliphatic rings. The van der Waals surface area contributed by atoms with Gasteiger partial charge in [0.05, 0.1) is 11.6 Å². The van der Waals surface area contributed by atoms with Gasteiger partial charge < -0.3 is 15.3 Å². The number of halogens is 2. The molecule has 1 saturated carbocycles. The topological polar surface area (TPSA) is 86.9 Å². The predicted octanol–water partition coefficient (Wildman–Crippen LogP) is 4.36. The van der Waals surface area contributed by atoms with Crippen LogP contribution in [0.1, 0.15) is 47.3 Å². The first-order valence-corrected chi connectivity index (χ1v) is 11.4. The van der Waals surface area contributed by atoms with Crippen LogP contribution < -0.4 is 15.8 Å². The number of anilines is 2. The molecule has 0 amide bonds. The number of pyridine rings is 1. The molecule has 9 heteroatoms. The largest absolute Gasteiger partial charge is 0.478 e. The number of carbonyl (C=O) groups is 1. The van der Waals surface area contributed by atoms with Crippen molar-refractivity contribution in [2.45, 2.75) is 38.7 Å². The van der Waals surface area contributed by atoms with E-state index in [1.54, 1.807) is 24.4 Å². The lowest BCUT2D eigenvalue weighted by Crippen LogP contribution is -2.28. The van der Waals surface area contributed by atoms with Gasteiger partial charge in [0.1, 0.15) is 11.5 Å². The minimum atomic E-state index is -2.60. The first-order chi connectivity index (χ1) is 16.1. The van der Waals surface area contributed by atoms with E-state index in [2.05, 4.69) is 5.32 Å². The maximum atomic E-state index is 13.8. The van der Waals surface area contributed by atoms with Crippen LogP contribution >= 0.6 is 0 Å². The molecule has 0 spiro atoms. The Bertz CT molecular complexity index is 1320. The lowest BCUT2D eigenvalue weighted by molar-refractivity contribution is 0.00171. The lowest BCUT2D eigenvalue weighted by Gasteiger charge is -2.22. The van der Waals surface area contributed by atoms with Crippen molar-refractivity contribution in [2.75, 3.05) is 23.3 Å². The highest BCUT2D eigenvalue weighted by molar-refractivity contribution is 5.94. The number of aryl methyl sites for hydroxylation is 1. The summed E-state index contributed by atoms with van der Waals surface area (Å²) in [6.07, 6.45) is 1.49. The van der Waals surface area contributed by atoms with Crippen molar-refractivity contribution in [1.82, 2.24) is 9.38 Å². The highest BCUT2D eigenvalue weighted by Crippen LogP contribution is 2.47. The molecule has 1 aliphatic heterocycles. The van der Waals surface area contributed by atoms with E-state index in [1.165, 1.54) is 16.5 Å². The lowest BCUT2D eigenvalue weighted by atomic mass is 10.0. The number of carboxylic acids is 1. The van der Waals surface area contributed by atoms with E-state index in [0.29, 0.717) is 30.2 Å². The van der Waals surface area contributed by atoms with Crippen molar-refractivity contribution >= 4 is 23.1 Å². The number of hydrogen-bond donors (Lipinski definition) is 2. The third-order valence-electron chi connectivity index (χ3n) is 6.93. The Morgan fingerprint density at radius 2 is 1.88 bits per heavy atom. The second-order valence-electron chi connectivity index (χ2n) is 9.53. The maximum Gasteiger partial charge on any atom is 0.337 e. The van der Waals surface area contributed by atoms with E-state index < -0.39 is 11.9 Å². The molecule has 0 radical (unpaired) electrons. The summed E-state index contributed by atoms with van der Waals surface area (Å²) in [5, 5.41) is 12.8. The SMILES string of the molecule is Cc1cc([C@@H](C)Nc2ccccc2C(=O)O)c2nc(N3C[C@@H]4CC(F)(F)C[C@@H]4C3)cc(=O)n2c1. The van der Waals surface area contributed by atoms with Crippen molar-refractivity contribution in [3.05, 3.63) is 69.6 Å². The minimum Gasteiger partial charge on any atom is -0.478 e. The second-order valence-corrected chi connectivity index (χ2v) is 9.53. The van der Waals surface area contributed by atoms with Crippen LogP contribution in [0.3, 0.4) is 0 Å². The van der Waals surface area contributed by atoms with E-state index in [9.17, 15) is 23.5 Å². The number of aromatic nitrogens is 2. The number of nitrogens with zero attached hydrogens (tertiary/aromatic N) is 3. The summed E-state index contributed by atoms with van der Waals surface area (Å²) in [6, 6.07) is 9.68. The van der Waals surface area contributed by atoms with Gasteiger partial charge in [-0.25, -0.2) is 18.6 Å². The molecule has 3 atom stereocenters. The van der Waals surface area contributed by atoms with Gasteiger partial charge in [-0.05, 0) is 49.4 Å². The number of carboxylic acid groups (broad SMARTS) is 1. The first kappa shape index (κ1) is 22.3. The maximum absolute atomic E-state index is 13.8. The van der Waals surface area contributed by atoms with Gasteiger partial charge in [-0.3, -0.25) is 9.20 Å². The number of alkyl halides is 2. The summed E-state index contributed by atoms with van der Waals surface area (Å²) >= 11 is 0. The molecule has 0 unspecified atom stereocenters. The molecule has 2 aromatic heterocycles. The number of aromatic carboxylic acids is 1. The third kappa shape index (κ3) is 3.99. The van der Waals surface area contributed by atoms with Crippen LogP contribution in [0.25, 0.3) is 5.65 Å². The number of fused-ring (bicyclic) bond motifs is 2. The Balaban J connectivity index is 1.51. The summed E-state index contributed by atoms with van der Waals surface area (Å²) in [5.41, 5.74) is 2.43.